The molecule has 5 aromatic rings. The summed E-state index contributed by atoms with van der Waals surface area (Å²) in [5, 5.41) is 3.04. The lowest BCUT2D eigenvalue weighted by Gasteiger charge is -2.09. The molecule has 1 amide bonds. The average Bonchev–Trinajstić information content (AvgIpc) is 3.29. The molecule has 0 spiro atoms. The lowest BCUT2D eigenvalue weighted by atomic mass is 10.1. The van der Waals surface area contributed by atoms with Gasteiger partial charge >= 0.3 is 0 Å². The standard InChI is InChI=1S/C30H27N3O2/c1-35-26-14-8-13-24(19-26)30-27(16-18-29(34)31-20-22-9-4-2-5-10-22)33-21-25(15-17-28(33)32-30)23-11-6-3-7-12-23/h2-15,17,19,21H,16,18,20H2,1H3,(H,31,34). The minimum absolute atomic E-state index is 0.0135. The Morgan fingerprint density at radius 2 is 1.60 bits per heavy atom. The predicted molar refractivity (Wildman–Crippen MR) is 139 cm³/mol. The van der Waals surface area contributed by atoms with Crippen LogP contribution < -0.4 is 10.1 Å². The van der Waals surface area contributed by atoms with E-state index in [4.69, 9.17) is 9.72 Å². The highest BCUT2D eigenvalue weighted by Gasteiger charge is 2.17. The normalized spacial score (nSPS) is 10.9. The van der Waals surface area contributed by atoms with Gasteiger partial charge in [-0.3, -0.25) is 4.79 Å². The van der Waals surface area contributed by atoms with Crippen molar-refractivity contribution >= 4 is 11.6 Å². The molecule has 174 valence electrons. The zero-order chi connectivity index (χ0) is 24.0. The molecule has 0 unspecified atom stereocenters. The molecule has 0 aliphatic rings. The van der Waals surface area contributed by atoms with Gasteiger partial charge in [0.05, 0.1) is 18.5 Å². The number of ether oxygens (including phenoxy) is 1. The number of carbonyl (C=O) groups excluding carboxylic acids is 1. The molecule has 2 aromatic heterocycles. The molecule has 2 heterocycles. The van der Waals surface area contributed by atoms with Crippen LogP contribution in [0.4, 0.5) is 0 Å². The molecule has 5 rings (SSSR count). The van der Waals surface area contributed by atoms with E-state index in [1.807, 2.05) is 78.9 Å². The number of nitrogens with zero attached hydrogens (tertiary/aromatic N) is 2. The number of pyridine rings is 1. The van der Waals surface area contributed by atoms with Crippen molar-refractivity contribution in [1.29, 1.82) is 0 Å². The fourth-order valence-electron chi connectivity index (χ4n) is 4.25. The summed E-state index contributed by atoms with van der Waals surface area (Å²) >= 11 is 0. The molecule has 0 atom stereocenters. The molecular formula is C30H27N3O2. The van der Waals surface area contributed by atoms with Gasteiger partial charge in [0.15, 0.2) is 0 Å². The van der Waals surface area contributed by atoms with Crippen LogP contribution in [0.15, 0.2) is 103 Å². The van der Waals surface area contributed by atoms with Crippen molar-refractivity contribution in [3.05, 3.63) is 115 Å². The molecule has 0 saturated heterocycles. The van der Waals surface area contributed by atoms with Crippen molar-refractivity contribution in [1.82, 2.24) is 14.7 Å². The van der Waals surface area contributed by atoms with E-state index in [9.17, 15) is 4.79 Å². The van der Waals surface area contributed by atoms with Gasteiger partial charge in [-0.15, -0.1) is 0 Å². The first-order valence-corrected chi connectivity index (χ1v) is 11.7. The number of hydrogen-bond acceptors (Lipinski definition) is 3. The first-order valence-electron chi connectivity index (χ1n) is 11.7. The number of amides is 1. The summed E-state index contributed by atoms with van der Waals surface area (Å²) < 4.78 is 7.55. The molecule has 5 nitrogen and oxygen atoms in total. The van der Waals surface area contributed by atoms with Crippen LogP contribution in [0.2, 0.25) is 0 Å². The van der Waals surface area contributed by atoms with Crippen molar-refractivity contribution in [3.63, 3.8) is 0 Å². The number of aromatic nitrogens is 2. The number of benzene rings is 3. The van der Waals surface area contributed by atoms with E-state index in [-0.39, 0.29) is 5.91 Å². The Labute approximate surface area is 205 Å². The van der Waals surface area contributed by atoms with E-state index in [1.165, 1.54) is 0 Å². The lowest BCUT2D eigenvalue weighted by molar-refractivity contribution is -0.121. The summed E-state index contributed by atoms with van der Waals surface area (Å²) in [5.41, 5.74) is 7.00. The van der Waals surface area contributed by atoms with E-state index in [1.54, 1.807) is 7.11 Å². The topological polar surface area (TPSA) is 55.6 Å². The second-order valence-corrected chi connectivity index (χ2v) is 8.41. The maximum absolute atomic E-state index is 12.7. The minimum Gasteiger partial charge on any atom is -0.497 e. The summed E-state index contributed by atoms with van der Waals surface area (Å²) in [4.78, 5) is 17.7. The van der Waals surface area contributed by atoms with Crippen LogP contribution in [0.3, 0.4) is 0 Å². The largest absolute Gasteiger partial charge is 0.497 e. The van der Waals surface area contributed by atoms with Crippen LogP contribution in [0.25, 0.3) is 28.0 Å². The van der Waals surface area contributed by atoms with Gasteiger partial charge in [-0.1, -0.05) is 72.8 Å². The van der Waals surface area contributed by atoms with Crippen molar-refractivity contribution in [2.24, 2.45) is 0 Å². The minimum atomic E-state index is 0.0135. The smallest absolute Gasteiger partial charge is 0.220 e. The van der Waals surface area contributed by atoms with Gasteiger partial charge in [-0.05, 0) is 47.4 Å². The van der Waals surface area contributed by atoms with Crippen molar-refractivity contribution in [2.75, 3.05) is 7.11 Å². The molecule has 0 fully saturated rings. The van der Waals surface area contributed by atoms with Crippen molar-refractivity contribution in [3.8, 4) is 28.1 Å². The maximum atomic E-state index is 12.7. The molecule has 5 heteroatoms. The Bertz CT molecular complexity index is 1440. The Morgan fingerprint density at radius 3 is 2.37 bits per heavy atom. The van der Waals surface area contributed by atoms with Crippen LogP contribution in [-0.4, -0.2) is 22.4 Å². The molecule has 3 aromatic carbocycles. The van der Waals surface area contributed by atoms with Gasteiger partial charge in [0.25, 0.3) is 0 Å². The molecule has 0 saturated carbocycles. The molecule has 0 aliphatic heterocycles. The molecule has 0 aliphatic carbocycles. The monoisotopic (exact) mass is 461 g/mol. The highest BCUT2D eigenvalue weighted by atomic mass is 16.5. The zero-order valence-electron chi connectivity index (χ0n) is 19.6. The summed E-state index contributed by atoms with van der Waals surface area (Å²) in [5.74, 6) is 0.788. The number of aryl methyl sites for hydroxylation is 1. The molecule has 0 bridgehead atoms. The first-order chi connectivity index (χ1) is 17.2. The summed E-state index contributed by atoms with van der Waals surface area (Å²) in [6.07, 6.45) is 3.04. The molecular weight excluding hydrogens is 434 g/mol. The van der Waals surface area contributed by atoms with Gasteiger partial charge in [0.2, 0.25) is 5.91 Å². The Balaban J connectivity index is 1.47. The number of fused-ring (bicyclic) bond motifs is 1. The van der Waals surface area contributed by atoms with Gasteiger partial charge in [-0.25, -0.2) is 4.98 Å². The number of hydrogen-bond donors (Lipinski definition) is 1. The second-order valence-electron chi connectivity index (χ2n) is 8.41. The van der Waals surface area contributed by atoms with E-state index in [0.717, 1.165) is 45.0 Å². The van der Waals surface area contributed by atoms with Crippen LogP contribution in [0.5, 0.6) is 5.75 Å². The quantitative estimate of drug-likeness (QED) is 0.312. The first kappa shape index (κ1) is 22.4. The summed E-state index contributed by atoms with van der Waals surface area (Å²) in [7, 11) is 1.66. The van der Waals surface area contributed by atoms with E-state index >= 15 is 0 Å². The highest BCUT2D eigenvalue weighted by molar-refractivity contribution is 5.77. The van der Waals surface area contributed by atoms with Crippen LogP contribution in [0.1, 0.15) is 17.7 Å². The summed E-state index contributed by atoms with van der Waals surface area (Å²) in [6.45, 7) is 0.522. The third-order valence-corrected chi connectivity index (χ3v) is 6.09. The zero-order valence-corrected chi connectivity index (χ0v) is 19.6. The Morgan fingerprint density at radius 1 is 0.857 bits per heavy atom. The van der Waals surface area contributed by atoms with E-state index in [0.29, 0.717) is 19.4 Å². The third-order valence-electron chi connectivity index (χ3n) is 6.09. The predicted octanol–water partition coefficient (Wildman–Crippen LogP) is 5.93. The Kier molecular flexibility index (Phi) is 6.57. The maximum Gasteiger partial charge on any atom is 0.220 e. The molecule has 35 heavy (non-hydrogen) atoms. The average molecular weight is 462 g/mol. The van der Waals surface area contributed by atoms with Crippen LogP contribution in [0, 0.1) is 0 Å². The van der Waals surface area contributed by atoms with Crippen LogP contribution >= 0.6 is 0 Å². The number of nitrogens with one attached hydrogen (secondary N) is 1. The number of rotatable bonds is 8. The summed E-state index contributed by atoms with van der Waals surface area (Å²) in [6, 6.07) is 32.2. The van der Waals surface area contributed by atoms with Gasteiger partial charge in [0.1, 0.15) is 11.4 Å². The molecule has 1 N–H and O–H groups in total. The van der Waals surface area contributed by atoms with Crippen molar-refractivity contribution < 1.29 is 9.53 Å². The fraction of sp³-hybridized carbons (Fsp3) is 0.133. The van der Waals surface area contributed by atoms with Gasteiger partial charge < -0.3 is 14.5 Å². The Hall–Kier alpha value is -4.38. The molecule has 0 radical (unpaired) electrons. The van der Waals surface area contributed by atoms with Gasteiger partial charge in [0, 0.05) is 24.7 Å². The van der Waals surface area contributed by atoms with E-state index < -0.39 is 0 Å². The number of imidazole rings is 1. The third kappa shape index (κ3) is 5.09. The SMILES string of the molecule is COc1cccc(-c2nc3ccc(-c4ccccc4)cn3c2CCC(=O)NCc2ccccc2)c1. The lowest BCUT2D eigenvalue weighted by Crippen LogP contribution is -2.23. The number of carbonyl (C=O) groups is 1. The highest BCUT2D eigenvalue weighted by Crippen LogP contribution is 2.30. The van der Waals surface area contributed by atoms with Crippen LogP contribution in [-0.2, 0) is 17.8 Å². The van der Waals surface area contributed by atoms with Gasteiger partial charge in [-0.2, -0.15) is 0 Å². The fourth-order valence-corrected chi connectivity index (χ4v) is 4.25. The van der Waals surface area contributed by atoms with Crippen molar-refractivity contribution in [2.45, 2.75) is 19.4 Å². The number of methoxy groups -OCH3 is 1. The second kappa shape index (κ2) is 10.3. The van der Waals surface area contributed by atoms with E-state index in [2.05, 4.69) is 34.1 Å².